The van der Waals surface area contributed by atoms with E-state index in [4.69, 9.17) is 0 Å². The van der Waals surface area contributed by atoms with Crippen LogP contribution in [-0.4, -0.2) is 39.5 Å². The topological polar surface area (TPSA) is 62.5 Å². The standard InChI is InChI=1S/C17H20N2O3/c1-2-18-11-14(13-7-3-4-8-15(13)18)16(20)19-9-5-6-12(10-19)17(21)22/h3-4,7-8,11-12H,2,5-6,9-10H2,1H3,(H,21,22)/t12-/m0/s1. The van der Waals surface area contributed by atoms with Crippen molar-refractivity contribution in [3.63, 3.8) is 0 Å². The number of aliphatic carboxylic acids is 1. The number of aromatic nitrogens is 1. The van der Waals surface area contributed by atoms with Crippen molar-refractivity contribution in [3.05, 3.63) is 36.0 Å². The van der Waals surface area contributed by atoms with Crippen LogP contribution in [0.4, 0.5) is 0 Å². The van der Waals surface area contributed by atoms with Gasteiger partial charge < -0.3 is 14.6 Å². The Morgan fingerprint density at radius 1 is 1.32 bits per heavy atom. The Balaban J connectivity index is 1.94. The molecule has 1 aromatic heterocycles. The number of carbonyl (C=O) groups excluding carboxylic acids is 1. The number of carboxylic acids is 1. The Morgan fingerprint density at radius 2 is 2.09 bits per heavy atom. The van der Waals surface area contributed by atoms with Crippen molar-refractivity contribution in [1.82, 2.24) is 9.47 Å². The number of hydrogen-bond acceptors (Lipinski definition) is 2. The summed E-state index contributed by atoms with van der Waals surface area (Å²) in [6.07, 6.45) is 3.28. The molecule has 0 aliphatic carbocycles. The smallest absolute Gasteiger partial charge is 0.308 e. The van der Waals surface area contributed by atoms with E-state index >= 15 is 0 Å². The highest BCUT2D eigenvalue weighted by atomic mass is 16.4. The van der Waals surface area contributed by atoms with Gasteiger partial charge in [-0.25, -0.2) is 0 Å². The summed E-state index contributed by atoms with van der Waals surface area (Å²) in [5.74, 6) is -1.32. The van der Waals surface area contributed by atoms with Crippen LogP contribution in [0.15, 0.2) is 30.5 Å². The van der Waals surface area contributed by atoms with E-state index in [1.807, 2.05) is 37.4 Å². The van der Waals surface area contributed by atoms with Gasteiger partial charge >= 0.3 is 5.97 Å². The van der Waals surface area contributed by atoms with Crippen molar-refractivity contribution in [3.8, 4) is 0 Å². The monoisotopic (exact) mass is 300 g/mol. The van der Waals surface area contributed by atoms with Crippen LogP contribution in [0, 0.1) is 5.92 Å². The summed E-state index contributed by atoms with van der Waals surface area (Å²) in [6, 6.07) is 7.85. The molecule has 1 aliphatic rings. The fourth-order valence-corrected chi connectivity index (χ4v) is 3.21. The first-order valence-electron chi connectivity index (χ1n) is 7.71. The summed E-state index contributed by atoms with van der Waals surface area (Å²) in [5.41, 5.74) is 1.71. The molecule has 2 heterocycles. The number of nitrogens with zero attached hydrogens (tertiary/aromatic N) is 2. The molecule has 0 unspecified atom stereocenters. The number of hydrogen-bond donors (Lipinski definition) is 1. The lowest BCUT2D eigenvalue weighted by Gasteiger charge is -2.30. The molecule has 3 rings (SSSR count). The molecule has 1 fully saturated rings. The van der Waals surface area contributed by atoms with E-state index in [1.54, 1.807) is 4.90 Å². The second-order valence-electron chi connectivity index (χ2n) is 5.77. The fraction of sp³-hybridized carbons (Fsp3) is 0.412. The quantitative estimate of drug-likeness (QED) is 0.947. The Morgan fingerprint density at radius 3 is 2.82 bits per heavy atom. The van der Waals surface area contributed by atoms with Gasteiger partial charge in [0.05, 0.1) is 11.5 Å². The second kappa shape index (κ2) is 5.83. The molecule has 1 saturated heterocycles. The third-order valence-corrected chi connectivity index (χ3v) is 4.42. The highest BCUT2D eigenvalue weighted by molar-refractivity contribution is 6.07. The highest BCUT2D eigenvalue weighted by Crippen LogP contribution is 2.25. The van der Waals surface area contributed by atoms with Gasteiger partial charge in [0.25, 0.3) is 5.91 Å². The number of benzene rings is 1. The minimum atomic E-state index is -0.812. The Kier molecular flexibility index (Phi) is 3.88. The average molecular weight is 300 g/mol. The largest absolute Gasteiger partial charge is 0.481 e. The zero-order valence-corrected chi connectivity index (χ0v) is 12.7. The normalized spacial score (nSPS) is 18.6. The maximum Gasteiger partial charge on any atom is 0.308 e. The number of amides is 1. The van der Waals surface area contributed by atoms with Crippen LogP contribution in [0.5, 0.6) is 0 Å². The molecule has 22 heavy (non-hydrogen) atoms. The first kappa shape index (κ1) is 14.6. The van der Waals surface area contributed by atoms with Gasteiger partial charge in [-0.1, -0.05) is 18.2 Å². The molecule has 1 N–H and O–H groups in total. The summed E-state index contributed by atoms with van der Waals surface area (Å²) >= 11 is 0. The van der Waals surface area contributed by atoms with Gasteiger partial charge in [0.1, 0.15) is 0 Å². The maximum atomic E-state index is 12.8. The molecule has 2 aromatic rings. The summed E-state index contributed by atoms with van der Waals surface area (Å²) in [5, 5.41) is 10.1. The van der Waals surface area contributed by atoms with Gasteiger partial charge in [-0.15, -0.1) is 0 Å². The Labute approximate surface area is 129 Å². The van der Waals surface area contributed by atoms with Crippen molar-refractivity contribution < 1.29 is 14.7 Å². The third kappa shape index (κ3) is 2.47. The Bertz CT molecular complexity index is 720. The summed E-state index contributed by atoms with van der Waals surface area (Å²) in [6.45, 7) is 3.78. The number of carbonyl (C=O) groups is 2. The van der Waals surface area contributed by atoms with Gasteiger partial charge in [0, 0.05) is 36.7 Å². The number of fused-ring (bicyclic) bond motifs is 1. The fourth-order valence-electron chi connectivity index (χ4n) is 3.21. The number of aryl methyl sites for hydroxylation is 1. The molecule has 1 atom stereocenters. The summed E-state index contributed by atoms with van der Waals surface area (Å²) < 4.78 is 2.06. The van der Waals surface area contributed by atoms with E-state index in [0.717, 1.165) is 23.9 Å². The van der Waals surface area contributed by atoms with E-state index in [2.05, 4.69) is 4.57 Å². The van der Waals surface area contributed by atoms with Crippen LogP contribution in [-0.2, 0) is 11.3 Å². The lowest BCUT2D eigenvalue weighted by atomic mass is 9.97. The van der Waals surface area contributed by atoms with Crippen LogP contribution in [0.1, 0.15) is 30.1 Å². The molecule has 0 spiro atoms. The zero-order chi connectivity index (χ0) is 15.7. The first-order chi connectivity index (χ1) is 10.6. The lowest BCUT2D eigenvalue weighted by molar-refractivity contribution is -0.143. The van der Waals surface area contributed by atoms with E-state index in [1.165, 1.54) is 0 Å². The molecule has 1 amide bonds. The van der Waals surface area contributed by atoms with Crippen molar-refractivity contribution in [2.45, 2.75) is 26.3 Å². The predicted octanol–water partition coefficient (Wildman–Crippen LogP) is 2.60. The van der Waals surface area contributed by atoms with Gasteiger partial charge in [-0.3, -0.25) is 9.59 Å². The maximum absolute atomic E-state index is 12.8. The highest BCUT2D eigenvalue weighted by Gasteiger charge is 2.29. The number of likely N-dealkylation sites (tertiary alicyclic amines) is 1. The minimum Gasteiger partial charge on any atom is -0.481 e. The van der Waals surface area contributed by atoms with E-state index in [9.17, 15) is 14.7 Å². The molecule has 0 radical (unpaired) electrons. The number of carboxylic acid groups (broad SMARTS) is 1. The molecule has 0 saturated carbocycles. The zero-order valence-electron chi connectivity index (χ0n) is 12.7. The van der Waals surface area contributed by atoms with Gasteiger partial charge in [0.2, 0.25) is 0 Å². The van der Waals surface area contributed by atoms with Crippen molar-refractivity contribution in [1.29, 1.82) is 0 Å². The van der Waals surface area contributed by atoms with Crippen LogP contribution >= 0.6 is 0 Å². The number of rotatable bonds is 3. The minimum absolute atomic E-state index is 0.0608. The van der Waals surface area contributed by atoms with Crippen molar-refractivity contribution >= 4 is 22.8 Å². The number of piperidine rings is 1. The Hall–Kier alpha value is -2.30. The van der Waals surface area contributed by atoms with Gasteiger partial charge in [-0.05, 0) is 25.8 Å². The van der Waals surface area contributed by atoms with Crippen LogP contribution in [0.3, 0.4) is 0 Å². The molecular weight excluding hydrogens is 280 g/mol. The molecule has 1 aliphatic heterocycles. The first-order valence-corrected chi connectivity index (χ1v) is 7.71. The molecule has 116 valence electrons. The molecular formula is C17H20N2O3. The van der Waals surface area contributed by atoms with E-state index in [-0.39, 0.29) is 5.91 Å². The SMILES string of the molecule is CCn1cc(C(=O)N2CCC[C@H](C(=O)O)C2)c2ccccc21. The molecule has 0 bridgehead atoms. The van der Waals surface area contributed by atoms with Gasteiger partial charge in [-0.2, -0.15) is 0 Å². The summed E-state index contributed by atoms with van der Waals surface area (Å²) in [4.78, 5) is 25.7. The third-order valence-electron chi connectivity index (χ3n) is 4.42. The van der Waals surface area contributed by atoms with E-state index < -0.39 is 11.9 Å². The van der Waals surface area contributed by atoms with Crippen LogP contribution < -0.4 is 0 Å². The summed E-state index contributed by atoms with van der Waals surface area (Å²) in [7, 11) is 0. The molecule has 5 nitrogen and oxygen atoms in total. The second-order valence-corrected chi connectivity index (χ2v) is 5.77. The lowest BCUT2D eigenvalue weighted by Crippen LogP contribution is -2.42. The van der Waals surface area contributed by atoms with E-state index in [0.29, 0.717) is 25.1 Å². The molecule has 5 heteroatoms. The molecule has 1 aromatic carbocycles. The van der Waals surface area contributed by atoms with Gasteiger partial charge in [0.15, 0.2) is 0 Å². The predicted molar refractivity (Wildman–Crippen MR) is 83.9 cm³/mol. The number of para-hydroxylation sites is 1. The van der Waals surface area contributed by atoms with Crippen LogP contribution in [0.2, 0.25) is 0 Å². The van der Waals surface area contributed by atoms with Crippen molar-refractivity contribution in [2.24, 2.45) is 5.92 Å². The average Bonchev–Trinajstić information content (AvgIpc) is 2.93. The van der Waals surface area contributed by atoms with Crippen LogP contribution in [0.25, 0.3) is 10.9 Å². The van der Waals surface area contributed by atoms with Crippen molar-refractivity contribution in [2.75, 3.05) is 13.1 Å².